The summed E-state index contributed by atoms with van der Waals surface area (Å²) in [5, 5.41) is 9.69. The van der Waals surface area contributed by atoms with Crippen molar-refractivity contribution in [2.24, 2.45) is 0 Å². The Kier molecular flexibility index (Phi) is 2.05. The molecule has 2 nitrogen and oxygen atoms in total. The highest BCUT2D eigenvalue weighted by molar-refractivity contribution is 5.24. The number of aliphatic hydroxyl groups is 1. The quantitative estimate of drug-likeness (QED) is 0.738. The first-order chi connectivity index (χ1) is 6.53. The van der Waals surface area contributed by atoms with Gasteiger partial charge in [0, 0.05) is 5.56 Å². The second kappa shape index (κ2) is 3.00. The van der Waals surface area contributed by atoms with Crippen LogP contribution in [0, 0.1) is 11.6 Å². The monoisotopic (exact) mass is 200 g/mol. The standard InChI is InChI=1S/C10H10F2O2/c1-10(5-14-10)9(13)7-4-6(11)2-3-8(7)12/h2-4,9,13H,5H2,1H3. The van der Waals surface area contributed by atoms with E-state index in [1.807, 2.05) is 0 Å². The van der Waals surface area contributed by atoms with Crippen LogP contribution in [-0.2, 0) is 4.74 Å². The summed E-state index contributed by atoms with van der Waals surface area (Å²) >= 11 is 0. The van der Waals surface area contributed by atoms with Crippen LogP contribution in [0.1, 0.15) is 18.6 Å². The lowest BCUT2D eigenvalue weighted by Crippen LogP contribution is -2.19. The minimum atomic E-state index is -1.11. The van der Waals surface area contributed by atoms with Gasteiger partial charge in [-0.1, -0.05) is 0 Å². The molecule has 1 aliphatic heterocycles. The molecule has 2 rings (SSSR count). The summed E-state index contributed by atoms with van der Waals surface area (Å²) in [6.45, 7) is 2.02. The molecule has 2 unspecified atom stereocenters. The largest absolute Gasteiger partial charge is 0.385 e. The van der Waals surface area contributed by atoms with Crippen molar-refractivity contribution >= 4 is 0 Å². The van der Waals surface area contributed by atoms with Gasteiger partial charge >= 0.3 is 0 Å². The summed E-state index contributed by atoms with van der Waals surface area (Å²) in [7, 11) is 0. The van der Waals surface area contributed by atoms with Gasteiger partial charge in [0.2, 0.25) is 0 Å². The van der Waals surface area contributed by atoms with Crippen LogP contribution < -0.4 is 0 Å². The third kappa shape index (κ3) is 1.51. The van der Waals surface area contributed by atoms with Gasteiger partial charge in [0.25, 0.3) is 0 Å². The molecule has 0 saturated carbocycles. The maximum atomic E-state index is 13.2. The molecule has 0 bridgehead atoms. The Balaban J connectivity index is 2.35. The Hall–Kier alpha value is -1.00. The predicted molar refractivity (Wildman–Crippen MR) is 45.7 cm³/mol. The molecule has 0 radical (unpaired) electrons. The number of aliphatic hydroxyl groups excluding tert-OH is 1. The second-order valence-electron chi connectivity index (χ2n) is 3.67. The molecule has 4 heteroatoms. The Morgan fingerprint density at radius 1 is 1.50 bits per heavy atom. The van der Waals surface area contributed by atoms with Gasteiger partial charge < -0.3 is 9.84 Å². The lowest BCUT2D eigenvalue weighted by atomic mass is 9.97. The van der Waals surface area contributed by atoms with Crippen molar-refractivity contribution in [3.63, 3.8) is 0 Å². The van der Waals surface area contributed by atoms with E-state index < -0.39 is 23.3 Å². The Bertz CT molecular complexity index is 361. The number of rotatable bonds is 2. The summed E-state index contributed by atoms with van der Waals surface area (Å²) in [6.07, 6.45) is -1.11. The van der Waals surface area contributed by atoms with Crippen LogP contribution >= 0.6 is 0 Å². The van der Waals surface area contributed by atoms with Crippen LogP contribution in [0.15, 0.2) is 18.2 Å². The Morgan fingerprint density at radius 2 is 2.14 bits per heavy atom. The van der Waals surface area contributed by atoms with E-state index in [4.69, 9.17) is 4.74 Å². The molecule has 2 atom stereocenters. The fourth-order valence-corrected chi connectivity index (χ4v) is 1.32. The zero-order valence-corrected chi connectivity index (χ0v) is 7.63. The third-order valence-electron chi connectivity index (χ3n) is 2.43. The highest BCUT2D eigenvalue weighted by atomic mass is 19.1. The van der Waals surface area contributed by atoms with Crippen LogP contribution in [-0.4, -0.2) is 17.3 Å². The first kappa shape index (κ1) is 9.55. The van der Waals surface area contributed by atoms with Crippen molar-refractivity contribution in [1.82, 2.24) is 0 Å². The van der Waals surface area contributed by atoms with Gasteiger partial charge in [-0.15, -0.1) is 0 Å². The van der Waals surface area contributed by atoms with Crippen molar-refractivity contribution in [3.05, 3.63) is 35.4 Å². The van der Waals surface area contributed by atoms with Crippen LogP contribution in [0.4, 0.5) is 8.78 Å². The van der Waals surface area contributed by atoms with E-state index >= 15 is 0 Å². The molecule has 1 saturated heterocycles. The van der Waals surface area contributed by atoms with E-state index in [9.17, 15) is 13.9 Å². The van der Waals surface area contributed by atoms with Gasteiger partial charge in [-0.25, -0.2) is 8.78 Å². The summed E-state index contributed by atoms with van der Waals surface area (Å²) in [6, 6.07) is 3.01. The van der Waals surface area contributed by atoms with E-state index in [0.717, 1.165) is 18.2 Å². The molecule has 0 aromatic heterocycles. The van der Waals surface area contributed by atoms with Crippen molar-refractivity contribution < 1.29 is 18.6 Å². The zero-order valence-electron chi connectivity index (χ0n) is 7.63. The Labute approximate surface area is 80.1 Å². The first-order valence-electron chi connectivity index (χ1n) is 4.30. The molecule has 76 valence electrons. The topological polar surface area (TPSA) is 32.8 Å². The van der Waals surface area contributed by atoms with E-state index in [2.05, 4.69) is 0 Å². The molecule has 0 amide bonds. The maximum absolute atomic E-state index is 13.2. The molecular formula is C10H10F2O2. The van der Waals surface area contributed by atoms with Crippen molar-refractivity contribution in [3.8, 4) is 0 Å². The number of hydrogen-bond donors (Lipinski definition) is 1. The molecule has 1 aromatic carbocycles. The average molecular weight is 200 g/mol. The number of hydrogen-bond acceptors (Lipinski definition) is 2. The highest BCUT2D eigenvalue weighted by Crippen LogP contribution is 2.40. The summed E-state index contributed by atoms with van der Waals surface area (Å²) < 4.78 is 31.0. The van der Waals surface area contributed by atoms with Crippen molar-refractivity contribution in [2.75, 3.05) is 6.61 Å². The van der Waals surface area contributed by atoms with Gasteiger partial charge in [0.05, 0.1) is 6.61 Å². The molecule has 0 spiro atoms. The second-order valence-corrected chi connectivity index (χ2v) is 3.67. The molecule has 1 aromatic rings. The van der Waals surface area contributed by atoms with Gasteiger partial charge in [0.15, 0.2) is 0 Å². The van der Waals surface area contributed by atoms with E-state index in [0.29, 0.717) is 6.61 Å². The lowest BCUT2D eigenvalue weighted by Gasteiger charge is -2.15. The van der Waals surface area contributed by atoms with Crippen molar-refractivity contribution in [2.45, 2.75) is 18.6 Å². The van der Waals surface area contributed by atoms with Gasteiger partial charge in [-0.3, -0.25) is 0 Å². The molecule has 14 heavy (non-hydrogen) atoms. The van der Waals surface area contributed by atoms with E-state index in [1.165, 1.54) is 0 Å². The number of ether oxygens (including phenoxy) is 1. The SMILES string of the molecule is CC1(C(O)c2cc(F)ccc2F)CO1. The third-order valence-corrected chi connectivity index (χ3v) is 2.43. The molecule has 1 aliphatic rings. The first-order valence-corrected chi connectivity index (χ1v) is 4.30. The van der Waals surface area contributed by atoms with Crippen LogP contribution in [0.2, 0.25) is 0 Å². The summed E-state index contributed by atoms with van der Waals surface area (Å²) in [5.74, 6) is -1.18. The fraction of sp³-hybridized carbons (Fsp3) is 0.400. The molecule has 0 aliphatic carbocycles. The zero-order chi connectivity index (χ0) is 10.3. The van der Waals surface area contributed by atoms with Crippen molar-refractivity contribution in [1.29, 1.82) is 0 Å². The number of benzene rings is 1. The number of halogens is 2. The van der Waals surface area contributed by atoms with E-state index in [1.54, 1.807) is 6.92 Å². The van der Waals surface area contributed by atoms with E-state index in [-0.39, 0.29) is 5.56 Å². The Morgan fingerprint density at radius 3 is 2.71 bits per heavy atom. The minimum Gasteiger partial charge on any atom is -0.385 e. The molecule has 1 fully saturated rings. The molecular weight excluding hydrogens is 190 g/mol. The van der Waals surface area contributed by atoms with Gasteiger partial charge in [-0.05, 0) is 25.1 Å². The predicted octanol–water partition coefficient (Wildman–Crippen LogP) is 1.79. The minimum absolute atomic E-state index is 0.0509. The smallest absolute Gasteiger partial charge is 0.129 e. The van der Waals surface area contributed by atoms with Gasteiger partial charge in [-0.2, -0.15) is 0 Å². The van der Waals surface area contributed by atoms with Crippen LogP contribution in [0.3, 0.4) is 0 Å². The highest BCUT2D eigenvalue weighted by Gasteiger charge is 2.48. The van der Waals surface area contributed by atoms with Crippen LogP contribution in [0.25, 0.3) is 0 Å². The van der Waals surface area contributed by atoms with Crippen LogP contribution in [0.5, 0.6) is 0 Å². The number of epoxide rings is 1. The normalized spacial score (nSPS) is 27.4. The summed E-state index contributed by atoms with van der Waals surface area (Å²) in [5.41, 5.74) is -0.806. The summed E-state index contributed by atoms with van der Waals surface area (Å²) in [4.78, 5) is 0. The maximum Gasteiger partial charge on any atom is 0.129 e. The molecule has 1 N–H and O–H groups in total. The fourth-order valence-electron chi connectivity index (χ4n) is 1.32. The lowest BCUT2D eigenvalue weighted by molar-refractivity contribution is 0.0815. The molecule has 1 heterocycles. The van der Waals surface area contributed by atoms with Gasteiger partial charge in [0.1, 0.15) is 23.3 Å². The average Bonchev–Trinajstić information content (AvgIpc) is 2.88.